The van der Waals surface area contributed by atoms with Crippen molar-refractivity contribution in [3.63, 3.8) is 0 Å². The first-order chi connectivity index (χ1) is 18.1. The van der Waals surface area contributed by atoms with Crippen molar-refractivity contribution in [1.82, 2.24) is 0 Å². The molecule has 0 amide bonds. The summed E-state index contributed by atoms with van der Waals surface area (Å²) in [7, 11) is 2.96. The van der Waals surface area contributed by atoms with Gasteiger partial charge in [0.2, 0.25) is 11.2 Å². The Kier molecular flexibility index (Phi) is 7.43. The van der Waals surface area contributed by atoms with Crippen molar-refractivity contribution in [2.75, 3.05) is 14.2 Å². The van der Waals surface area contributed by atoms with E-state index >= 15 is 0 Å². The van der Waals surface area contributed by atoms with E-state index in [-0.39, 0.29) is 16.9 Å². The van der Waals surface area contributed by atoms with Gasteiger partial charge < -0.3 is 23.4 Å². The number of aryl methyl sites for hydroxylation is 1. The average molecular weight is 526 g/mol. The number of rotatable bonds is 7. The van der Waals surface area contributed by atoms with Crippen LogP contribution in [0.3, 0.4) is 0 Å². The first-order valence-electron chi connectivity index (χ1n) is 11.1. The zero-order valence-corrected chi connectivity index (χ0v) is 20.4. The smallest absolute Gasteiger partial charge is 0.453 e. The van der Waals surface area contributed by atoms with Crippen LogP contribution in [0.15, 0.2) is 76.0 Å². The number of fused-ring (bicyclic) bond motifs is 1. The number of halogens is 3. The number of benzene rings is 3. The topological polar surface area (TPSA) is 84.2 Å². The van der Waals surface area contributed by atoms with Crippen molar-refractivity contribution in [1.29, 1.82) is 0 Å². The molecule has 4 rings (SSSR count). The fourth-order valence-corrected chi connectivity index (χ4v) is 3.57. The van der Waals surface area contributed by atoms with Crippen molar-refractivity contribution >= 4 is 23.0 Å². The molecule has 4 aromatic rings. The van der Waals surface area contributed by atoms with Crippen molar-refractivity contribution in [2.45, 2.75) is 13.1 Å². The number of carbonyl (C=O) groups is 1. The number of hydrogen-bond donors (Lipinski definition) is 0. The van der Waals surface area contributed by atoms with E-state index < -0.39 is 34.7 Å². The maximum Gasteiger partial charge on any atom is 0.453 e. The maximum absolute atomic E-state index is 13.8. The Bertz CT molecular complexity index is 1590. The molecule has 196 valence electrons. The predicted octanol–water partition coefficient (Wildman–Crippen LogP) is 6.55. The van der Waals surface area contributed by atoms with Gasteiger partial charge in [-0.25, -0.2) is 4.79 Å². The molecule has 0 saturated heterocycles. The number of hydrogen-bond acceptors (Lipinski definition) is 7. The van der Waals surface area contributed by atoms with Crippen LogP contribution < -0.4 is 24.4 Å². The van der Waals surface area contributed by atoms with Gasteiger partial charge in [-0.05, 0) is 60.5 Å². The summed E-state index contributed by atoms with van der Waals surface area (Å²) in [5.74, 6) is -2.50. The van der Waals surface area contributed by atoms with E-state index in [0.717, 1.165) is 17.7 Å². The molecule has 0 saturated carbocycles. The average Bonchev–Trinajstić information content (AvgIpc) is 2.88. The van der Waals surface area contributed by atoms with Gasteiger partial charge in [0.15, 0.2) is 11.5 Å². The highest BCUT2D eigenvalue weighted by Gasteiger charge is 2.40. The van der Waals surface area contributed by atoms with E-state index in [1.54, 1.807) is 37.3 Å². The zero-order chi connectivity index (χ0) is 27.4. The molecule has 1 heterocycles. The van der Waals surface area contributed by atoms with Gasteiger partial charge in [0.1, 0.15) is 17.1 Å². The number of esters is 1. The summed E-state index contributed by atoms with van der Waals surface area (Å²) in [6.07, 6.45) is -2.44. The van der Waals surface area contributed by atoms with Gasteiger partial charge in [-0.3, -0.25) is 4.79 Å². The van der Waals surface area contributed by atoms with Gasteiger partial charge in [0.05, 0.1) is 19.6 Å². The Balaban J connectivity index is 1.62. The fourth-order valence-electron chi connectivity index (χ4n) is 3.57. The van der Waals surface area contributed by atoms with E-state index in [4.69, 9.17) is 23.4 Å². The number of carbonyl (C=O) groups excluding carboxylic acids is 1. The lowest BCUT2D eigenvalue weighted by molar-refractivity contribution is -0.154. The molecule has 0 bridgehead atoms. The van der Waals surface area contributed by atoms with Crippen LogP contribution >= 0.6 is 0 Å². The standard InChI is InChI=1S/C28H21F3O7/c1-16-5-4-6-18(13-16)37-26-25(33)20-10-9-19(15-22(20)38-27(26)28(29,30)31)36-24(32)12-8-17-7-11-21(34-2)23(14-17)35-3/h4-15H,1-3H3. The molecule has 7 nitrogen and oxygen atoms in total. The van der Waals surface area contributed by atoms with Crippen LogP contribution in [0.1, 0.15) is 16.9 Å². The lowest BCUT2D eigenvalue weighted by Crippen LogP contribution is -2.15. The SMILES string of the molecule is COc1ccc(C=CC(=O)Oc2ccc3c(=O)c(Oc4cccc(C)c4)c(C(F)(F)F)oc3c2)cc1OC. The molecule has 0 unspecified atom stereocenters. The summed E-state index contributed by atoms with van der Waals surface area (Å²) >= 11 is 0. The molecule has 38 heavy (non-hydrogen) atoms. The fraction of sp³-hybridized carbons (Fsp3) is 0.143. The molecule has 0 radical (unpaired) electrons. The van der Waals surface area contributed by atoms with E-state index in [2.05, 4.69) is 0 Å². The number of ether oxygens (including phenoxy) is 4. The second-order valence-corrected chi connectivity index (χ2v) is 8.03. The molecule has 0 N–H and O–H groups in total. The molecule has 0 aliphatic heterocycles. The van der Waals surface area contributed by atoms with Crippen molar-refractivity contribution in [3.05, 3.63) is 93.9 Å². The van der Waals surface area contributed by atoms with Gasteiger partial charge in [-0.1, -0.05) is 18.2 Å². The van der Waals surface area contributed by atoms with Crippen LogP contribution in [-0.2, 0) is 11.0 Å². The molecule has 0 spiro atoms. The molecule has 10 heteroatoms. The summed E-state index contributed by atoms with van der Waals surface area (Å²) in [4.78, 5) is 25.3. The highest BCUT2D eigenvalue weighted by atomic mass is 19.4. The number of methoxy groups -OCH3 is 2. The van der Waals surface area contributed by atoms with Crippen molar-refractivity contribution in [2.24, 2.45) is 0 Å². The lowest BCUT2D eigenvalue weighted by Gasteiger charge is -2.13. The predicted molar refractivity (Wildman–Crippen MR) is 133 cm³/mol. The Morgan fingerprint density at radius 2 is 1.68 bits per heavy atom. The molecular weight excluding hydrogens is 505 g/mol. The highest BCUT2D eigenvalue weighted by Crippen LogP contribution is 2.38. The number of alkyl halides is 3. The Labute approximate surface area is 214 Å². The normalized spacial score (nSPS) is 11.5. The Morgan fingerprint density at radius 3 is 2.37 bits per heavy atom. The molecular formula is C28H21F3O7. The van der Waals surface area contributed by atoms with Crippen molar-refractivity contribution < 1.29 is 41.3 Å². The molecule has 0 aliphatic rings. The third kappa shape index (κ3) is 5.80. The first-order valence-corrected chi connectivity index (χ1v) is 11.1. The lowest BCUT2D eigenvalue weighted by atomic mass is 10.2. The van der Waals surface area contributed by atoms with Crippen LogP contribution in [0.25, 0.3) is 17.0 Å². The molecule has 3 aromatic carbocycles. The summed E-state index contributed by atoms with van der Waals surface area (Å²) in [5.41, 5.74) is -0.104. The minimum Gasteiger partial charge on any atom is -0.493 e. The van der Waals surface area contributed by atoms with Crippen LogP contribution in [0.5, 0.6) is 28.7 Å². The monoisotopic (exact) mass is 526 g/mol. The van der Waals surface area contributed by atoms with E-state index in [0.29, 0.717) is 17.1 Å². The molecule has 0 aliphatic carbocycles. The Hall–Kier alpha value is -4.73. The van der Waals surface area contributed by atoms with Gasteiger partial charge in [0.25, 0.3) is 5.76 Å². The summed E-state index contributed by atoms with van der Waals surface area (Å²) in [6.45, 7) is 1.73. The summed E-state index contributed by atoms with van der Waals surface area (Å²) < 4.78 is 67.3. The molecule has 0 atom stereocenters. The first kappa shape index (κ1) is 26.3. The van der Waals surface area contributed by atoms with E-state index in [1.807, 2.05) is 0 Å². The van der Waals surface area contributed by atoms with Crippen LogP contribution in [-0.4, -0.2) is 20.2 Å². The quantitative estimate of drug-likeness (QED) is 0.153. The third-order valence-electron chi connectivity index (χ3n) is 5.33. The summed E-state index contributed by atoms with van der Waals surface area (Å²) in [6, 6.07) is 14.7. The van der Waals surface area contributed by atoms with Gasteiger partial charge >= 0.3 is 12.1 Å². The largest absolute Gasteiger partial charge is 0.493 e. The zero-order valence-electron chi connectivity index (χ0n) is 20.4. The molecule has 0 fully saturated rings. The maximum atomic E-state index is 13.8. The third-order valence-corrected chi connectivity index (χ3v) is 5.33. The van der Waals surface area contributed by atoms with Gasteiger partial charge in [-0.15, -0.1) is 0 Å². The minimum atomic E-state index is -5.03. The van der Waals surface area contributed by atoms with E-state index in [9.17, 15) is 22.8 Å². The van der Waals surface area contributed by atoms with Crippen LogP contribution in [0.4, 0.5) is 13.2 Å². The minimum absolute atomic E-state index is 0.0500. The van der Waals surface area contributed by atoms with Gasteiger partial charge in [-0.2, -0.15) is 13.2 Å². The van der Waals surface area contributed by atoms with Crippen molar-refractivity contribution in [3.8, 4) is 28.7 Å². The molecule has 1 aromatic heterocycles. The second kappa shape index (κ2) is 10.7. The van der Waals surface area contributed by atoms with E-state index in [1.165, 1.54) is 44.6 Å². The second-order valence-electron chi connectivity index (χ2n) is 8.03. The van der Waals surface area contributed by atoms with Gasteiger partial charge in [0, 0.05) is 12.1 Å². The summed E-state index contributed by atoms with van der Waals surface area (Å²) in [5, 5.41) is -0.179. The van der Waals surface area contributed by atoms with Crippen LogP contribution in [0, 0.1) is 6.92 Å². The van der Waals surface area contributed by atoms with Crippen LogP contribution in [0.2, 0.25) is 0 Å². The highest BCUT2D eigenvalue weighted by molar-refractivity contribution is 5.89. The Morgan fingerprint density at radius 1 is 0.921 bits per heavy atom.